The van der Waals surface area contributed by atoms with E-state index < -0.39 is 0 Å². The minimum atomic E-state index is -0.0521. The predicted octanol–water partition coefficient (Wildman–Crippen LogP) is 1.88. The summed E-state index contributed by atoms with van der Waals surface area (Å²) in [6.45, 7) is 1.90. The van der Waals surface area contributed by atoms with Gasteiger partial charge in [0.15, 0.2) is 0 Å². The Morgan fingerprint density at radius 3 is 3.13 bits per heavy atom. The van der Waals surface area contributed by atoms with Crippen LogP contribution in [0.25, 0.3) is 0 Å². The summed E-state index contributed by atoms with van der Waals surface area (Å²) < 4.78 is 0. The molecule has 3 nitrogen and oxygen atoms in total. The van der Waals surface area contributed by atoms with Gasteiger partial charge in [-0.15, -0.1) is 11.3 Å². The first-order valence-corrected chi connectivity index (χ1v) is 6.27. The Kier molecular flexibility index (Phi) is 3.61. The van der Waals surface area contributed by atoms with Crippen molar-refractivity contribution in [2.24, 2.45) is 0 Å². The van der Waals surface area contributed by atoms with E-state index >= 15 is 0 Å². The summed E-state index contributed by atoms with van der Waals surface area (Å²) in [4.78, 5) is 12.4. The zero-order valence-corrected chi connectivity index (χ0v) is 9.83. The molecule has 1 fully saturated rings. The molecule has 0 aromatic carbocycles. The third-order valence-corrected chi connectivity index (χ3v) is 3.80. The van der Waals surface area contributed by atoms with Crippen LogP contribution < -0.4 is 10.6 Å². The number of hydrogen-bond donors (Lipinski definition) is 2. The van der Waals surface area contributed by atoms with Crippen molar-refractivity contribution in [3.63, 3.8) is 0 Å². The second-order valence-corrected chi connectivity index (χ2v) is 4.94. The standard InChI is InChI=1S/C10H13ClN2OS/c11-8-3-5-15-9(8)10(14)13-7-2-1-4-12-6-7/h3,5,7,12H,1-2,4,6H2,(H,13,14). The lowest BCUT2D eigenvalue weighted by Gasteiger charge is -2.23. The number of halogens is 1. The molecule has 5 heteroatoms. The minimum absolute atomic E-state index is 0.0521. The summed E-state index contributed by atoms with van der Waals surface area (Å²) in [7, 11) is 0. The van der Waals surface area contributed by atoms with Crippen molar-refractivity contribution in [3.8, 4) is 0 Å². The summed E-state index contributed by atoms with van der Waals surface area (Å²) in [6, 6.07) is 1.99. The van der Waals surface area contributed by atoms with Crippen LogP contribution >= 0.6 is 22.9 Å². The highest BCUT2D eigenvalue weighted by atomic mass is 35.5. The van der Waals surface area contributed by atoms with Crippen molar-refractivity contribution in [2.75, 3.05) is 13.1 Å². The third-order valence-electron chi connectivity index (χ3n) is 2.46. The van der Waals surface area contributed by atoms with E-state index in [1.54, 1.807) is 6.07 Å². The van der Waals surface area contributed by atoms with Crippen molar-refractivity contribution in [2.45, 2.75) is 18.9 Å². The molecule has 1 unspecified atom stereocenters. The molecule has 1 aliphatic heterocycles. The fourth-order valence-corrected chi connectivity index (χ4v) is 2.73. The van der Waals surface area contributed by atoms with Crippen molar-refractivity contribution in [1.82, 2.24) is 10.6 Å². The highest BCUT2D eigenvalue weighted by Gasteiger charge is 2.18. The van der Waals surface area contributed by atoms with E-state index in [4.69, 9.17) is 11.6 Å². The Morgan fingerprint density at radius 1 is 1.67 bits per heavy atom. The molecule has 82 valence electrons. The van der Waals surface area contributed by atoms with Crippen LogP contribution in [0.15, 0.2) is 11.4 Å². The topological polar surface area (TPSA) is 41.1 Å². The number of amides is 1. The molecular weight excluding hydrogens is 232 g/mol. The molecule has 1 aliphatic rings. The number of nitrogens with one attached hydrogen (secondary N) is 2. The number of hydrogen-bond acceptors (Lipinski definition) is 3. The molecule has 1 atom stereocenters. The van der Waals surface area contributed by atoms with Crippen LogP contribution in [0.4, 0.5) is 0 Å². The molecule has 0 spiro atoms. The second kappa shape index (κ2) is 4.96. The maximum Gasteiger partial charge on any atom is 0.263 e. The summed E-state index contributed by atoms with van der Waals surface area (Å²) in [5, 5.41) is 8.61. The zero-order chi connectivity index (χ0) is 10.7. The molecule has 0 bridgehead atoms. The van der Waals surface area contributed by atoms with Gasteiger partial charge in [-0.3, -0.25) is 4.79 Å². The monoisotopic (exact) mass is 244 g/mol. The van der Waals surface area contributed by atoms with E-state index in [-0.39, 0.29) is 11.9 Å². The van der Waals surface area contributed by atoms with E-state index in [1.165, 1.54) is 11.3 Å². The molecule has 0 radical (unpaired) electrons. The summed E-state index contributed by atoms with van der Waals surface area (Å²) in [5.74, 6) is -0.0521. The Balaban J connectivity index is 1.94. The van der Waals surface area contributed by atoms with Gasteiger partial charge in [-0.25, -0.2) is 0 Å². The average Bonchev–Trinajstić information content (AvgIpc) is 2.66. The van der Waals surface area contributed by atoms with Gasteiger partial charge in [-0.05, 0) is 30.8 Å². The number of thiophene rings is 1. The van der Waals surface area contributed by atoms with Crippen LogP contribution in [0.2, 0.25) is 5.02 Å². The molecule has 2 heterocycles. The molecule has 1 saturated heterocycles. The van der Waals surface area contributed by atoms with Gasteiger partial charge in [-0.2, -0.15) is 0 Å². The van der Waals surface area contributed by atoms with Gasteiger partial charge >= 0.3 is 0 Å². The van der Waals surface area contributed by atoms with Crippen molar-refractivity contribution in [1.29, 1.82) is 0 Å². The van der Waals surface area contributed by atoms with Crippen molar-refractivity contribution in [3.05, 3.63) is 21.3 Å². The average molecular weight is 245 g/mol. The summed E-state index contributed by atoms with van der Waals surface area (Å²) in [6.07, 6.45) is 2.16. The normalized spacial score (nSPS) is 21.3. The Morgan fingerprint density at radius 2 is 2.53 bits per heavy atom. The minimum Gasteiger partial charge on any atom is -0.347 e. The van der Waals surface area contributed by atoms with Crippen molar-refractivity contribution < 1.29 is 4.79 Å². The van der Waals surface area contributed by atoms with Crippen molar-refractivity contribution >= 4 is 28.8 Å². The quantitative estimate of drug-likeness (QED) is 0.834. The Labute approximate surface area is 97.8 Å². The number of carbonyl (C=O) groups is 1. The number of piperidine rings is 1. The van der Waals surface area contributed by atoms with Crippen LogP contribution in [-0.2, 0) is 0 Å². The fourth-order valence-electron chi connectivity index (χ4n) is 1.68. The summed E-state index contributed by atoms with van der Waals surface area (Å²) >= 11 is 7.27. The highest BCUT2D eigenvalue weighted by Crippen LogP contribution is 2.21. The molecule has 0 aliphatic carbocycles. The van der Waals surface area contributed by atoms with Crippen LogP contribution in [0, 0.1) is 0 Å². The predicted molar refractivity (Wildman–Crippen MR) is 62.7 cm³/mol. The Hall–Kier alpha value is -0.580. The lowest BCUT2D eigenvalue weighted by atomic mass is 10.1. The lowest BCUT2D eigenvalue weighted by molar-refractivity contribution is 0.0935. The lowest BCUT2D eigenvalue weighted by Crippen LogP contribution is -2.45. The third kappa shape index (κ3) is 2.71. The smallest absolute Gasteiger partial charge is 0.263 e. The van der Waals surface area contributed by atoms with Crippen LogP contribution in [-0.4, -0.2) is 25.0 Å². The maximum absolute atomic E-state index is 11.8. The van der Waals surface area contributed by atoms with Gasteiger partial charge in [0.25, 0.3) is 5.91 Å². The van der Waals surface area contributed by atoms with E-state index in [0.29, 0.717) is 9.90 Å². The molecule has 1 aromatic rings. The molecule has 2 N–H and O–H groups in total. The van der Waals surface area contributed by atoms with Gasteiger partial charge in [-0.1, -0.05) is 11.6 Å². The number of carbonyl (C=O) groups excluding carboxylic acids is 1. The first-order valence-electron chi connectivity index (χ1n) is 5.02. The first kappa shape index (κ1) is 10.9. The summed E-state index contributed by atoms with van der Waals surface area (Å²) in [5.41, 5.74) is 0. The van der Waals surface area contributed by atoms with E-state index in [1.807, 2.05) is 5.38 Å². The van der Waals surface area contributed by atoms with Crippen LogP contribution in [0.5, 0.6) is 0 Å². The van der Waals surface area contributed by atoms with Gasteiger partial charge in [0, 0.05) is 12.6 Å². The van der Waals surface area contributed by atoms with Gasteiger partial charge in [0.1, 0.15) is 4.88 Å². The Bertz CT molecular complexity index is 347. The molecule has 0 saturated carbocycles. The largest absolute Gasteiger partial charge is 0.347 e. The van der Waals surface area contributed by atoms with Crippen LogP contribution in [0.1, 0.15) is 22.5 Å². The molecule has 2 rings (SSSR count). The number of rotatable bonds is 2. The van der Waals surface area contributed by atoms with Gasteiger partial charge < -0.3 is 10.6 Å². The molecule has 1 amide bonds. The molecule has 1 aromatic heterocycles. The van der Waals surface area contributed by atoms with E-state index in [0.717, 1.165) is 25.9 Å². The maximum atomic E-state index is 11.8. The second-order valence-electron chi connectivity index (χ2n) is 3.61. The first-order chi connectivity index (χ1) is 7.27. The fraction of sp³-hybridized carbons (Fsp3) is 0.500. The van der Waals surface area contributed by atoms with Gasteiger partial charge in [0.05, 0.1) is 5.02 Å². The highest BCUT2D eigenvalue weighted by molar-refractivity contribution is 7.12. The zero-order valence-electron chi connectivity index (χ0n) is 8.25. The SMILES string of the molecule is O=C(NC1CCCNC1)c1sccc1Cl. The van der Waals surface area contributed by atoms with Crippen LogP contribution in [0.3, 0.4) is 0 Å². The van der Waals surface area contributed by atoms with E-state index in [9.17, 15) is 4.79 Å². The molecular formula is C10H13ClN2OS. The molecule has 15 heavy (non-hydrogen) atoms. The van der Waals surface area contributed by atoms with E-state index in [2.05, 4.69) is 10.6 Å². The van der Waals surface area contributed by atoms with Gasteiger partial charge in [0.2, 0.25) is 0 Å².